The molecule has 0 bridgehead atoms. The van der Waals surface area contributed by atoms with Crippen molar-refractivity contribution in [1.82, 2.24) is 5.32 Å². The summed E-state index contributed by atoms with van der Waals surface area (Å²) in [5, 5.41) is 12.1. The summed E-state index contributed by atoms with van der Waals surface area (Å²) in [6, 6.07) is 0. The van der Waals surface area contributed by atoms with Crippen molar-refractivity contribution in [2.24, 2.45) is 5.41 Å². The van der Waals surface area contributed by atoms with E-state index in [1.54, 1.807) is 7.11 Å². The van der Waals surface area contributed by atoms with E-state index in [-0.39, 0.29) is 12.3 Å². The Kier molecular flexibility index (Phi) is 6.12. The Hall–Kier alpha value is -1.10. The summed E-state index contributed by atoms with van der Waals surface area (Å²) in [6.07, 6.45) is 5.25. The molecular weight excluding hydrogens is 234 g/mol. The summed E-state index contributed by atoms with van der Waals surface area (Å²) in [7, 11) is 1.57. The molecule has 0 saturated heterocycles. The number of hydrogen-bond donors (Lipinski definition) is 2. The third kappa shape index (κ3) is 4.29. The predicted molar refractivity (Wildman–Crippen MR) is 67.3 cm³/mol. The zero-order chi connectivity index (χ0) is 13.4. The molecule has 0 atom stereocenters. The molecule has 5 heteroatoms. The Balaban J connectivity index is 2.55. The van der Waals surface area contributed by atoms with E-state index in [9.17, 15) is 14.7 Å². The van der Waals surface area contributed by atoms with Gasteiger partial charge in [-0.3, -0.25) is 9.59 Å². The minimum Gasteiger partial charge on any atom is -0.481 e. The molecular formula is C13H23NO4. The number of amides is 1. The van der Waals surface area contributed by atoms with Crippen molar-refractivity contribution in [1.29, 1.82) is 0 Å². The van der Waals surface area contributed by atoms with Gasteiger partial charge in [0, 0.05) is 20.1 Å². The number of methoxy groups -OCH3 is 1. The first-order valence-corrected chi connectivity index (χ1v) is 6.60. The zero-order valence-corrected chi connectivity index (χ0v) is 11.0. The Labute approximate surface area is 108 Å². The third-order valence-electron chi connectivity index (χ3n) is 3.64. The quantitative estimate of drug-likeness (QED) is 0.559. The molecule has 1 aliphatic rings. The van der Waals surface area contributed by atoms with Crippen molar-refractivity contribution in [3.63, 3.8) is 0 Å². The van der Waals surface area contributed by atoms with Gasteiger partial charge >= 0.3 is 5.97 Å². The monoisotopic (exact) mass is 257 g/mol. The standard InChI is InChI=1S/C13H23NO4/c1-18-9-8-14-11(15)10-13(12(16)17)6-4-2-3-5-7-13/h2-10H2,1H3,(H,14,15)(H,16,17). The smallest absolute Gasteiger partial charge is 0.310 e. The fourth-order valence-corrected chi connectivity index (χ4v) is 2.53. The molecule has 1 amide bonds. The maximum Gasteiger partial charge on any atom is 0.310 e. The van der Waals surface area contributed by atoms with E-state index in [4.69, 9.17) is 4.74 Å². The van der Waals surface area contributed by atoms with Gasteiger partial charge < -0.3 is 15.2 Å². The molecule has 0 spiro atoms. The van der Waals surface area contributed by atoms with Crippen molar-refractivity contribution >= 4 is 11.9 Å². The fourth-order valence-electron chi connectivity index (χ4n) is 2.53. The van der Waals surface area contributed by atoms with Crippen LogP contribution in [0.4, 0.5) is 0 Å². The van der Waals surface area contributed by atoms with Crippen LogP contribution >= 0.6 is 0 Å². The average Bonchev–Trinajstić information content (AvgIpc) is 2.56. The second kappa shape index (κ2) is 7.36. The van der Waals surface area contributed by atoms with Gasteiger partial charge in [-0.2, -0.15) is 0 Å². The summed E-state index contributed by atoms with van der Waals surface area (Å²) >= 11 is 0. The van der Waals surface area contributed by atoms with Crippen molar-refractivity contribution < 1.29 is 19.4 Å². The highest BCUT2D eigenvalue weighted by molar-refractivity contribution is 5.85. The lowest BCUT2D eigenvalue weighted by Gasteiger charge is -2.27. The molecule has 1 fully saturated rings. The van der Waals surface area contributed by atoms with Crippen LogP contribution in [0.1, 0.15) is 44.9 Å². The van der Waals surface area contributed by atoms with Crippen molar-refractivity contribution in [2.75, 3.05) is 20.3 Å². The van der Waals surface area contributed by atoms with E-state index in [1.807, 2.05) is 0 Å². The minimum absolute atomic E-state index is 0.0893. The van der Waals surface area contributed by atoms with Crippen LogP contribution in [0, 0.1) is 5.41 Å². The van der Waals surface area contributed by atoms with Gasteiger partial charge in [0.2, 0.25) is 5.91 Å². The third-order valence-corrected chi connectivity index (χ3v) is 3.64. The summed E-state index contributed by atoms with van der Waals surface area (Å²) < 4.78 is 4.84. The van der Waals surface area contributed by atoms with E-state index >= 15 is 0 Å². The number of nitrogens with one attached hydrogen (secondary N) is 1. The number of ether oxygens (including phenoxy) is 1. The van der Waals surface area contributed by atoms with E-state index in [1.165, 1.54) is 0 Å². The highest BCUT2D eigenvalue weighted by Crippen LogP contribution is 2.38. The van der Waals surface area contributed by atoms with Crippen molar-refractivity contribution in [2.45, 2.75) is 44.9 Å². The maximum absolute atomic E-state index is 11.8. The predicted octanol–water partition coefficient (Wildman–Crippen LogP) is 1.56. The van der Waals surface area contributed by atoms with Crippen molar-refractivity contribution in [3.05, 3.63) is 0 Å². The molecule has 1 rings (SSSR count). The summed E-state index contributed by atoms with van der Waals surface area (Å²) in [5.41, 5.74) is -0.854. The number of carbonyl (C=O) groups is 2. The van der Waals surface area contributed by atoms with E-state index < -0.39 is 11.4 Å². The van der Waals surface area contributed by atoms with E-state index in [2.05, 4.69) is 5.32 Å². The normalized spacial score (nSPS) is 18.9. The molecule has 2 N–H and O–H groups in total. The highest BCUT2D eigenvalue weighted by atomic mass is 16.5. The lowest BCUT2D eigenvalue weighted by Crippen LogP contribution is -2.38. The van der Waals surface area contributed by atoms with Crippen LogP contribution in [0.5, 0.6) is 0 Å². The molecule has 0 aromatic carbocycles. The molecule has 0 aromatic heterocycles. The number of rotatable bonds is 6. The topological polar surface area (TPSA) is 75.6 Å². The van der Waals surface area contributed by atoms with Gasteiger partial charge in [0.15, 0.2) is 0 Å². The molecule has 0 unspecified atom stereocenters. The number of aliphatic carboxylic acids is 1. The Morgan fingerprint density at radius 2 is 1.83 bits per heavy atom. The van der Waals surface area contributed by atoms with Crippen LogP contribution in [0.25, 0.3) is 0 Å². The summed E-state index contributed by atoms with van der Waals surface area (Å²) in [6.45, 7) is 0.886. The molecule has 0 aromatic rings. The van der Waals surface area contributed by atoms with Gasteiger partial charge in [-0.25, -0.2) is 0 Å². The fraction of sp³-hybridized carbons (Fsp3) is 0.846. The minimum atomic E-state index is -0.854. The van der Waals surface area contributed by atoms with Gasteiger partial charge in [-0.15, -0.1) is 0 Å². The second-order valence-corrected chi connectivity index (χ2v) is 5.02. The Morgan fingerprint density at radius 3 is 2.33 bits per heavy atom. The van der Waals surface area contributed by atoms with E-state index in [0.29, 0.717) is 26.0 Å². The lowest BCUT2D eigenvalue weighted by atomic mass is 9.77. The number of carboxylic acids is 1. The van der Waals surface area contributed by atoms with Crippen LogP contribution in [-0.4, -0.2) is 37.2 Å². The first-order chi connectivity index (χ1) is 8.60. The molecule has 0 heterocycles. The molecule has 1 saturated carbocycles. The van der Waals surface area contributed by atoms with Crippen LogP contribution in [0.15, 0.2) is 0 Å². The van der Waals surface area contributed by atoms with Gasteiger partial charge in [0.25, 0.3) is 0 Å². The maximum atomic E-state index is 11.8. The Morgan fingerprint density at radius 1 is 1.22 bits per heavy atom. The van der Waals surface area contributed by atoms with Gasteiger partial charge in [-0.1, -0.05) is 25.7 Å². The average molecular weight is 257 g/mol. The highest BCUT2D eigenvalue weighted by Gasteiger charge is 2.40. The largest absolute Gasteiger partial charge is 0.481 e. The van der Waals surface area contributed by atoms with Crippen molar-refractivity contribution in [3.8, 4) is 0 Å². The molecule has 0 aliphatic heterocycles. The molecule has 1 aliphatic carbocycles. The van der Waals surface area contributed by atoms with Crippen LogP contribution < -0.4 is 5.32 Å². The Bertz CT molecular complexity index is 283. The zero-order valence-electron chi connectivity index (χ0n) is 11.0. The van der Waals surface area contributed by atoms with Crippen LogP contribution in [-0.2, 0) is 14.3 Å². The summed E-state index contributed by atoms with van der Waals surface area (Å²) in [4.78, 5) is 23.3. The van der Waals surface area contributed by atoms with Crippen LogP contribution in [0.3, 0.4) is 0 Å². The van der Waals surface area contributed by atoms with Gasteiger partial charge in [0.1, 0.15) is 0 Å². The number of carboxylic acid groups (broad SMARTS) is 1. The molecule has 0 radical (unpaired) electrons. The van der Waals surface area contributed by atoms with Crippen LogP contribution in [0.2, 0.25) is 0 Å². The molecule has 5 nitrogen and oxygen atoms in total. The van der Waals surface area contributed by atoms with Gasteiger partial charge in [0.05, 0.1) is 12.0 Å². The number of carbonyl (C=O) groups excluding carboxylic acids is 1. The van der Waals surface area contributed by atoms with Gasteiger partial charge in [-0.05, 0) is 12.8 Å². The SMILES string of the molecule is COCCNC(=O)CC1(C(=O)O)CCCCCC1. The first kappa shape index (κ1) is 15.0. The first-order valence-electron chi connectivity index (χ1n) is 6.60. The number of hydrogen-bond acceptors (Lipinski definition) is 3. The lowest BCUT2D eigenvalue weighted by molar-refractivity contribution is -0.152. The molecule has 18 heavy (non-hydrogen) atoms. The molecule has 104 valence electrons. The summed E-state index contributed by atoms with van der Waals surface area (Å²) in [5.74, 6) is -1.01. The second-order valence-electron chi connectivity index (χ2n) is 5.02. The van der Waals surface area contributed by atoms with E-state index in [0.717, 1.165) is 25.7 Å².